The van der Waals surface area contributed by atoms with Crippen molar-refractivity contribution in [1.82, 2.24) is 4.98 Å². The number of hydrogen-bond acceptors (Lipinski definition) is 2. The van der Waals surface area contributed by atoms with E-state index in [-0.39, 0.29) is 0 Å². The monoisotopic (exact) mass is 325 g/mol. The number of aromatic amines is 1. The first-order chi connectivity index (χ1) is 12.3. The van der Waals surface area contributed by atoms with E-state index in [0.29, 0.717) is 0 Å². The fourth-order valence-electron chi connectivity index (χ4n) is 2.89. The highest BCUT2D eigenvalue weighted by molar-refractivity contribution is 6.02. The zero-order valence-corrected chi connectivity index (χ0v) is 14.1. The Balaban J connectivity index is 1.77. The van der Waals surface area contributed by atoms with E-state index >= 15 is 0 Å². The number of hydrazone groups is 1. The van der Waals surface area contributed by atoms with Crippen LogP contribution in [0, 0.1) is 0 Å². The summed E-state index contributed by atoms with van der Waals surface area (Å²) in [6.07, 6.45) is 1.96. The van der Waals surface area contributed by atoms with Gasteiger partial charge in [-0.3, -0.25) is 0 Å². The zero-order chi connectivity index (χ0) is 17.1. The molecule has 4 rings (SSSR count). The van der Waals surface area contributed by atoms with Gasteiger partial charge in [0.15, 0.2) is 0 Å². The molecule has 1 N–H and O–H groups in total. The molecule has 4 aromatic rings. The molecule has 0 bridgehead atoms. The second kappa shape index (κ2) is 6.65. The SMILES string of the molecule is CC(=NN(c1ccccc1)c1ccccc1)c1ccc2[nH]ccc2c1. The lowest BCUT2D eigenvalue weighted by molar-refractivity contribution is 1.08. The van der Waals surface area contributed by atoms with Crippen molar-refractivity contribution < 1.29 is 0 Å². The summed E-state index contributed by atoms with van der Waals surface area (Å²) >= 11 is 0. The van der Waals surface area contributed by atoms with Gasteiger partial charge in [0.2, 0.25) is 0 Å². The summed E-state index contributed by atoms with van der Waals surface area (Å²) in [4.78, 5) is 3.23. The van der Waals surface area contributed by atoms with Gasteiger partial charge in [-0.2, -0.15) is 5.10 Å². The molecule has 0 fully saturated rings. The Morgan fingerprint density at radius 2 is 1.44 bits per heavy atom. The molecule has 0 atom stereocenters. The van der Waals surface area contributed by atoms with Gasteiger partial charge in [-0.05, 0) is 55.0 Å². The maximum Gasteiger partial charge on any atom is 0.0655 e. The molecule has 3 nitrogen and oxygen atoms in total. The van der Waals surface area contributed by atoms with Crippen molar-refractivity contribution in [2.24, 2.45) is 5.10 Å². The average Bonchev–Trinajstić information content (AvgIpc) is 3.15. The minimum absolute atomic E-state index is 0.968. The van der Waals surface area contributed by atoms with E-state index in [2.05, 4.69) is 53.5 Å². The third-order valence-corrected chi connectivity index (χ3v) is 4.22. The minimum atomic E-state index is 0.968. The van der Waals surface area contributed by atoms with Crippen LogP contribution < -0.4 is 5.01 Å². The fraction of sp³-hybridized carbons (Fsp3) is 0.0455. The van der Waals surface area contributed by atoms with E-state index < -0.39 is 0 Å². The van der Waals surface area contributed by atoms with Crippen molar-refractivity contribution in [2.45, 2.75) is 6.92 Å². The molecule has 0 unspecified atom stereocenters. The lowest BCUT2D eigenvalue weighted by atomic mass is 10.1. The molecule has 0 spiro atoms. The van der Waals surface area contributed by atoms with E-state index in [0.717, 1.165) is 28.2 Å². The Kier molecular flexibility index (Phi) is 4.05. The number of anilines is 2. The van der Waals surface area contributed by atoms with Crippen molar-refractivity contribution in [1.29, 1.82) is 0 Å². The summed E-state index contributed by atoms with van der Waals surface area (Å²) in [6, 6.07) is 28.9. The van der Waals surface area contributed by atoms with Gasteiger partial charge < -0.3 is 4.98 Å². The molecule has 0 aliphatic rings. The molecular formula is C22H19N3. The number of nitrogens with one attached hydrogen (secondary N) is 1. The number of nitrogens with zero attached hydrogens (tertiary/aromatic N) is 2. The minimum Gasteiger partial charge on any atom is -0.361 e. The summed E-state index contributed by atoms with van der Waals surface area (Å²) < 4.78 is 0. The Bertz CT molecular complexity index is 962. The number of H-pyrrole nitrogens is 1. The highest BCUT2D eigenvalue weighted by Crippen LogP contribution is 2.26. The molecule has 0 amide bonds. The second-order valence-corrected chi connectivity index (χ2v) is 5.95. The van der Waals surface area contributed by atoms with Gasteiger partial charge in [-0.25, -0.2) is 5.01 Å². The van der Waals surface area contributed by atoms with Crippen LogP contribution in [0.4, 0.5) is 11.4 Å². The van der Waals surface area contributed by atoms with Crippen molar-refractivity contribution in [3.8, 4) is 0 Å². The first kappa shape index (κ1) is 15.2. The highest BCUT2D eigenvalue weighted by atomic mass is 15.5. The topological polar surface area (TPSA) is 31.4 Å². The van der Waals surface area contributed by atoms with Crippen LogP contribution in [0.15, 0.2) is 96.2 Å². The van der Waals surface area contributed by atoms with E-state index in [9.17, 15) is 0 Å². The number of rotatable bonds is 4. The molecule has 0 aliphatic heterocycles. The maximum atomic E-state index is 4.92. The molecule has 0 radical (unpaired) electrons. The lowest BCUT2D eigenvalue weighted by Gasteiger charge is -2.20. The van der Waals surface area contributed by atoms with Crippen molar-refractivity contribution in [2.75, 3.05) is 5.01 Å². The molecular weight excluding hydrogens is 306 g/mol. The Labute approximate surface area is 147 Å². The van der Waals surface area contributed by atoms with Gasteiger partial charge in [0.05, 0.1) is 17.1 Å². The van der Waals surface area contributed by atoms with Crippen molar-refractivity contribution >= 4 is 28.0 Å². The summed E-state index contributed by atoms with van der Waals surface area (Å²) in [5.41, 5.74) is 5.30. The molecule has 25 heavy (non-hydrogen) atoms. The van der Waals surface area contributed by atoms with Crippen LogP contribution in [-0.2, 0) is 0 Å². The number of para-hydroxylation sites is 2. The maximum absolute atomic E-state index is 4.92. The molecule has 0 aliphatic carbocycles. The third kappa shape index (κ3) is 3.17. The first-order valence-electron chi connectivity index (χ1n) is 8.34. The second-order valence-electron chi connectivity index (χ2n) is 5.95. The molecule has 1 aromatic heterocycles. The predicted molar refractivity (Wildman–Crippen MR) is 106 cm³/mol. The van der Waals surface area contributed by atoms with Crippen LogP contribution in [0.5, 0.6) is 0 Å². The van der Waals surface area contributed by atoms with Gasteiger partial charge >= 0.3 is 0 Å². The smallest absolute Gasteiger partial charge is 0.0655 e. The molecule has 0 saturated carbocycles. The van der Waals surface area contributed by atoms with Crippen LogP contribution in [0.1, 0.15) is 12.5 Å². The van der Waals surface area contributed by atoms with Crippen LogP contribution in [0.2, 0.25) is 0 Å². The predicted octanol–water partition coefficient (Wildman–Crippen LogP) is 5.73. The van der Waals surface area contributed by atoms with E-state index in [1.54, 1.807) is 0 Å². The average molecular weight is 325 g/mol. The molecule has 122 valence electrons. The van der Waals surface area contributed by atoms with Crippen LogP contribution in [-0.4, -0.2) is 10.7 Å². The molecule has 1 heterocycles. The number of fused-ring (bicyclic) bond motifs is 1. The Morgan fingerprint density at radius 1 is 0.800 bits per heavy atom. The van der Waals surface area contributed by atoms with Crippen molar-refractivity contribution in [3.63, 3.8) is 0 Å². The van der Waals surface area contributed by atoms with Gasteiger partial charge in [-0.15, -0.1) is 0 Å². The normalized spacial score (nSPS) is 11.6. The summed E-state index contributed by atoms with van der Waals surface area (Å²) in [5.74, 6) is 0. The van der Waals surface area contributed by atoms with Crippen LogP contribution >= 0.6 is 0 Å². The number of hydrogen-bond donors (Lipinski definition) is 1. The Hall–Kier alpha value is -3.33. The van der Waals surface area contributed by atoms with E-state index in [1.807, 2.05) is 54.5 Å². The van der Waals surface area contributed by atoms with Crippen LogP contribution in [0.3, 0.4) is 0 Å². The third-order valence-electron chi connectivity index (χ3n) is 4.22. The summed E-state index contributed by atoms with van der Waals surface area (Å²) in [6.45, 7) is 2.05. The molecule has 3 heteroatoms. The number of benzene rings is 3. The van der Waals surface area contributed by atoms with Crippen molar-refractivity contribution in [3.05, 3.63) is 96.7 Å². The number of aromatic nitrogens is 1. The van der Waals surface area contributed by atoms with E-state index in [1.165, 1.54) is 5.39 Å². The highest BCUT2D eigenvalue weighted by Gasteiger charge is 2.09. The first-order valence-corrected chi connectivity index (χ1v) is 8.34. The van der Waals surface area contributed by atoms with Gasteiger partial charge in [0, 0.05) is 17.1 Å². The zero-order valence-electron chi connectivity index (χ0n) is 14.1. The van der Waals surface area contributed by atoms with Gasteiger partial charge in [0.25, 0.3) is 0 Å². The lowest BCUT2D eigenvalue weighted by Crippen LogP contribution is -2.12. The fourth-order valence-corrected chi connectivity index (χ4v) is 2.89. The quantitative estimate of drug-likeness (QED) is 0.377. The summed E-state index contributed by atoms with van der Waals surface area (Å²) in [7, 11) is 0. The van der Waals surface area contributed by atoms with E-state index in [4.69, 9.17) is 5.10 Å². The van der Waals surface area contributed by atoms with Gasteiger partial charge in [0.1, 0.15) is 0 Å². The largest absolute Gasteiger partial charge is 0.361 e. The Morgan fingerprint density at radius 3 is 2.08 bits per heavy atom. The summed E-state index contributed by atoms with van der Waals surface area (Å²) in [5, 5.41) is 8.09. The molecule has 3 aromatic carbocycles. The van der Waals surface area contributed by atoms with Crippen LogP contribution in [0.25, 0.3) is 10.9 Å². The standard InChI is InChI=1S/C22H19N3/c1-17(18-12-13-22-19(16-18)14-15-23-22)24-25(20-8-4-2-5-9-20)21-10-6-3-7-11-21/h2-16,23H,1H3. The van der Waals surface area contributed by atoms with Gasteiger partial charge in [-0.1, -0.05) is 42.5 Å². The molecule has 0 saturated heterocycles.